The molecule has 134 valence electrons. The van der Waals surface area contributed by atoms with Crippen molar-refractivity contribution in [3.05, 3.63) is 65.2 Å². The van der Waals surface area contributed by atoms with Gasteiger partial charge >= 0.3 is 5.97 Å². The van der Waals surface area contributed by atoms with Crippen LogP contribution in [0.2, 0.25) is 0 Å². The second kappa shape index (κ2) is 7.22. The molecule has 0 aliphatic rings. The number of hydrogen-bond acceptors (Lipinski definition) is 5. The fourth-order valence-corrected chi connectivity index (χ4v) is 2.68. The van der Waals surface area contributed by atoms with Gasteiger partial charge in [0.25, 0.3) is 5.91 Å². The standard InChI is InChI=1S/C18H19N5O3/c1-12-16(11-22(2)21-12)17(24)20-14-8-19-23(10-14)9-13-6-4-5-7-15(13)18(25)26-3/h4-8,10-11H,9H2,1-3H3,(H,20,24). The number of aromatic nitrogens is 4. The molecule has 0 saturated carbocycles. The van der Waals surface area contributed by atoms with Gasteiger partial charge in [0.15, 0.2) is 0 Å². The van der Waals surface area contributed by atoms with Gasteiger partial charge < -0.3 is 10.1 Å². The SMILES string of the molecule is COC(=O)c1ccccc1Cn1cc(NC(=O)c2cn(C)nc2C)cn1. The average molecular weight is 353 g/mol. The van der Waals surface area contributed by atoms with Gasteiger partial charge in [-0.15, -0.1) is 0 Å². The van der Waals surface area contributed by atoms with E-state index in [-0.39, 0.29) is 5.91 Å². The molecule has 3 rings (SSSR count). The topological polar surface area (TPSA) is 91.0 Å². The quantitative estimate of drug-likeness (QED) is 0.709. The Balaban J connectivity index is 1.74. The number of carbonyl (C=O) groups excluding carboxylic acids is 2. The first-order valence-corrected chi connectivity index (χ1v) is 7.98. The van der Waals surface area contributed by atoms with Gasteiger partial charge in [-0.2, -0.15) is 10.2 Å². The minimum absolute atomic E-state index is 0.245. The maximum Gasteiger partial charge on any atom is 0.338 e. The maximum absolute atomic E-state index is 12.3. The second-order valence-corrected chi connectivity index (χ2v) is 5.83. The van der Waals surface area contributed by atoms with Crippen molar-refractivity contribution in [2.75, 3.05) is 12.4 Å². The number of esters is 1. The lowest BCUT2D eigenvalue weighted by Gasteiger charge is -2.07. The molecule has 2 aromatic heterocycles. The Morgan fingerprint density at radius 3 is 2.65 bits per heavy atom. The molecule has 2 heterocycles. The number of nitrogens with one attached hydrogen (secondary N) is 1. The molecule has 8 nitrogen and oxygen atoms in total. The van der Waals surface area contributed by atoms with E-state index in [1.165, 1.54) is 7.11 Å². The summed E-state index contributed by atoms with van der Waals surface area (Å²) in [5.41, 5.74) is 3.00. The summed E-state index contributed by atoms with van der Waals surface area (Å²) < 4.78 is 8.04. The lowest BCUT2D eigenvalue weighted by atomic mass is 10.1. The minimum Gasteiger partial charge on any atom is -0.465 e. The van der Waals surface area contributed by atoms with Crippen LogP contribution in [0.25, 0.3) is 0 Å². The fraction of sp³-hybridized carbons (Fsp3) is 0.222. The highest BCUT2D eigenvalue weighted by Gasteiger charge is 2.15. The molecule has 1 N–H and O–H groups in total. The van der Waals surface area contributed by atoms with Crippen LogP contribution in [0.3, 0.4) is 0 Å². The van der Waals surface area contributed by atoms with Gasteiger partial charge in [0.05, 0.1) is 42.4 Å². The van der Waals surface area contributed by atoms with Crippen LogP contribution in [-0.2, 0) is 18.3 Å². The molecule has 0 bridgehead atoms. The number of amides is 1. The number of methoxy groups -OCH3 is 1. The largest absolute Gasteiger partial charge is 0.465 e. The van der Waals surface area contributed by atoms with E-state index in [1.807, 2.05) is 12.1 Å². The van der Waals surface area contributed by atoms with Crippen LogP contribution in [0.4, 0.5) is 5.69 Å². The lowest BCUT2D eigenvalue weighted by molar-refractivity contribution is 0.0599. The van der Waals surface area contributed by atoms with Crippen molar-refractivity contribution in [2.24, 2.45) is 7.05 Å². The number of hydrogen-bond donors (Lipinski definition) is 1. The lowest BCUT2D eigenvalue weighted by Crippen LogP contribution is -2.12. The first-order chi connectivity index (χ1) is 12.5. The average Bonchev–Trinajstić information content (AvgIpc) is 3.20. The zero-order chi connectivity index (χ0) is 18.7. The normalized spacial score (nSPS) is 10.6. The molecular weight excluding hydrogens is 334 g/mol. The summed E-state index contributed by atoms with van der Waals surface area (Å²) in [7, 11) is 3.11. The first kappa shape index (κ1) is 17.4. The third-order valence-corrected chi connectivity index (χ3v) is 3.90. The van der Waals surface area contributed by atoms with E-state index in [0.29, 0.717) is 29.1 Å². The molecule has 0 fully saturated rings. The summed E-state index contributed by atoms with van der Waals surface area (Å²) in [6.07, 6.45) is 4.93. The molecule has 0 atom stereocenters. The third kappa shape index (κ3) is 3.64. The number of anilines is 1. The molecule has 1 aromatic carbocycles. The number of nitrogens with zero attached hydrogens (tertiary/aromatic N) is 4. The van der Waals surface area contributed by atoms with Gasteiger partial charge in [0.1, 0.15) is 0 Å². The van der Waals surface area contributed by atoms with Crippen molar-refractivity contribution in [3.8, 4) is 0 Å². The van der Waals surface area contributed by atoms with Crippen LogP contribution in [-0.4, -0.2) is 38.5 Å². The van der Waals surface area contributed by atoms with Crippen molar-refractivity contribution in [2.45, 2.75) is 13.5 Å². The van der Waals surface area contributed by atoms with Crippen LogP contribution in [0.1, 0.15) is 32.0 Å². The molecule has 0 saturated heterocycles. The summed E-state index contributed by atoms with van der Waals surface area (Å²) in [5.74, 6) is -0.640. The zero-order valence-electron chi connectivity index (χ0n) is 14.8. The Morgan fingerprint density at radius 1 is 1.19 bits per heavy atom. The fourth-order valence-electron chi connectivity index (χ4n) is 2.68. The molecule has 0 aliphatic carbocycles. The monoisotopic (exact) mass is 353 g/mol. The number of ether oxygens (including phenoxy) is 1. The minimum atomic E-state index is -0.395. The molecule has 0 radical (unpaired) electrons. The summed E-state index contributed by atoms with van der Waals surface area (Å²) in [4.78, 5) is 24.2. The molecule has 0 aliphatic heterocycles. The highest BCUT2D eigenvalue weighted by Crippen LogP contribution is 2.14. The van der Waals surface area contributed by atoms with E-state index in [1.54, 1.807) is 54.1 Å². The molecule has 1 amide bonds. The Bertz CT molecular complexity index is 957. The van der Waals surface area contributed by atoms with Gasteiger partial charge in [-0.05, 0) is 18.6 Å². The van der Waals surface area contributed by atoms with Crippen molar-refractivity contribution in [1.29, 1.82) is 0 Å². The van der Waals surface area contributed by atoms with E-state index in [2.05, 4.69) is 15.5 Å². The van der Waals surface area contributed by atoms with E-state index < -0.39 is 5.97 Å². The van der Waals surface area contributed by atoms with E-state index >= 15 is 0 Å². The highest BCUT2D eigenvalue weighted by molar-refractivity contribution is 6.04. The van der Waals surface area contributed by atoms with Crippen LogP contribution < -0.4 is 5.32 Å². The zero-order valence-corrected chi connectivity index (χ0v) is 14.8. The van der Waals surface area contributed by atoms with E-state index in [4.69, 9.17) is 4.74 Å². The second-order valence-electron chi connectivity index (χ2n) is 5.83. The molecule has 0 spiro atoms. The van der Waals surface area contributed by atoms with E-state index in [0.717, 1.165) is 5.56 Å². The van der Waals surface area contributed by atoms with Gasteiger partial charge in [0.2, 0.25) is 0 Å². The molecule has 3 aromatic rings. The summed E-state index contributed by atoms with van der Waals surface area (Å²) in [6.45, 7) is 2.16. The number of aryl methyl sites for hydroxylation is 2. The number of rotatable bonds is 5. The van der Waals surface area contributed by atoms with Crippen LogP contribution >= 0.6 is 0 Å². The van der Waals surface area contributed by atoms with Crippen LogP contribution in [0, 0.1) is 6.92 Å². The van der Waals surface area contributed by atoms with Gasteiger partial charge in [-0.3, -0.25) is 14.2 Å². The number of benzene rings is 1. The smallest absolute Gasteiger partial charge is 0.338 e. The summed E-state index contributed by atoms with van der Waals surface area (Å²) in [6, 6.07) is 7.17. The van der Waals surface area contributed by atoms with Crippen molar-refractivity contribution in [1.82, 2.24) is 19.6 Å². The van der Waals surface area contributed by atoms with Crippen molar-refractivity contribution >= 4 is 17.6 Å². The Kier molecular flexibility index (Phi) is 4.83. The maximum atomic E-state index is 12.3. The van der Waals surface area contributed by atoms with Crippen molar-refractivity contribution in [3.63, 3.8) is 0 Å². The predicted octanol–water partition coefficient (Wildman–Crippen LogP) is 2.01. The van der Waals surface area contributed by atoms with Crippen LogP contribution in [0.5, 0.6) is 0 Å². The summed E-state index contributed by atoms with van der Waals surface area (Å²) in [5, 5.41) is 11.2. The molecular formula is C18H19N5O3. The Hall–Kier alpha value is -3.42. The number of carbonyl (C=O) groups is 2. The van der Waals surface area contributed by atoms with Gasteiger partial charge in [-0.1, -0.05) is 18.2 Å². The van der Waals surface area contributed by atoms with Gasteiger partial charge in [0, 0.05) is 19.4 Å². The first-order valence-electron chi connectivity index (χ1n) is 7.98. The summed E-state index contributed by atoms with van der Waals surface area (Å²) >= 11 is 0. The van der Waals surface area contributed by atoms with Gasteiger partial charge in [-0.25, -0.2) is 4.79 Å². The molecule has 0 unspecified atom stereocenters. The van der Waals surface area contributed by atoms with Crippen molar-refractivity contribution < 1.29 is 14.3 Å². The Labute approximate surface area is 150 Å². The third-order valence-electron chi connectivity index (χ3n) is 3.90. The molecule has 8 heteroatoms. The van der Waals surface area contributed by atoms with E-state index in [9.17, 15) is 9.59 Å². The highest BCUT2D eigenvalue weighted by atomic mass is 16.5. The molecule has 26 heavy (non-hydrogen) atoms. The predicted molar refractivity (Wildman–Crippen MR) is 95.0 cm³/mol. The Morgan fingerprint density at radius 2 is 1.96 bits per heavy atom. The van der Waals surface area contributed by atoms with Crippen LogP contribution in [0.15, 0.2) is 42.9 Å².